The van der Waals surface area contributed by atoms with E-state index in [9.17, 15) is 0 Å². The third-order valence-electron chi connectivity index (χ3n) is 2.17. The van der Waals surface area contributed by atoms with Crippen LogP contribution in [0.5, 0.6) is 0 Å². The highest BCUT2D eigenvalue weighted by molar-refractivity contribution is 6.37. The van der Waals surface area contributed by atoms with Crippen LogP contribution in [0.2, 0.25) is 12.1 Å². The van der Waals surface area contributed by atoms with Gasteiger partial charge in [-0.25, -0.2) is 0 Å². The summed E-state index contributed by atoms with van der Waals surface area (Å²) in [6, 6.07) is 0. The molecule has 1 heterocycles. The van der Waals surface area contributed by atoms with Crippen LogP contribution in [-0.4, -0.2) is 17.2 Å². The molecule has 0 amide bonds. The Kier molecular flexibility index (Phi) is 25.9. The number of hydrogen-bond donors (Lipinski definition) is 0. The molecule has 0 saturated heterocycles. The lowest BCUT2D eigenvalue weighted by molar-refractivity contribution is 0.645. The lowest BCUT2D eigenvalue weighted by atomic mass is 9.55. The third-order valence-corrected chi connectivity index (χ3v) is 2.17. The highest BCUT2D eigenvalue weighted by atomic mass is 14.7. The minimum Gasteiger partial charge on any atom is -0.262 e. The minimum atomic E-state index is 0. The zero-order chi connectivity index (χ0) is 12.2. The molecule has 0 aliphatic rings. The summed E-state index contributed by atoms with van der Waals surface area (Å²) in [5.41, 5.74) is 0. The molecule has 0 N–H and O–H groups in total. The number of hydrogen-bond acceptors (Lipinski definition) is 2. The minimum absolute atomic E-state index is 0. The van der Waals surface area contributed by atoms with Crippen molar-refractivity contribution in [2.75, 3.05) is 0 Å². The second-order valence-electron chi connectivity index (χ2n) is 3.53. The van der Waals surface area contributed by atoms with Crippen LogP contribution in [0.4, 0.5) is 0 Å². The van der Waals surface area contributed by atoms with Crippen molar-refractivity contribution in [3.05, 3.63) is 24.8 Å². The smallest absolute Gasteiger partial charge is 0.113 e. The van der Waals surface area contributed by atoms with Crippen molar-refractivity contribution in [2.45, 2.75) is 68.0 Å². The molecule has 0 fully saturated rings. The lowest BCUT2D eigenvalue weighted by Gasteiger charge is -2.17. The molecule has 101 valence electrons. The fraction of sp³-hybridized carbons (Fsp3) is 0.714. The van der Waals surface area contributed by atoms with Crippen molar-refractivity contribution in [1.29, 1.82) is 0 Å². The van der Waals surface area contributed by atoms with Crippen LogP contribution in [-0.2, 0) is 0 Å². The van der Waals surface area contributed by atoms with E-state index in [1.165, 1.54) is 6.42 Å². The number of aromatic nitrogens is 2. The second-order valence-corrected chi connectivity index (χ2v) is 3.53. The highest BCUT2D eigenvalue weighted by Crippen LogP contribution is 2.25. The summed E-state index contributed by atoms with van der Waals surface area (Å²) < 4.78 is 0. The van der Waals surface area contributed by atoms with Gasteiger partial charge in [-0.2, -0.15) is 0 Å². The Labute approximate surface area is 111 Å². The first kappa shape index (κ1) is 25.1. The van der Waals surface area contributed by atoms with Gasteiger partial charge >= 0.3 is 0 Å². The van der Waals surface area contributed by atoms with E-state index in [1.54, 1.807) is 24.8 Å². The summed E-state index contributed by atoms with van der Waals surface area (Å²) in [4.78, 5) is 7.44. The Morgan fingerprint density at radius 2 is 1.24 bits per heavy atom. The monoisotopic (exact) mass is 239 g/mol. The van der Waals surface area contributed by atoms with Crippen molar-refractivity contribution >= 4 is 7.28 Å². The van der Waals surface area contributed by atoms with Crippen molar-refractivity contribution < 1.29 is 0 Å². The molecule has 0 aliphatic heterocycles. The van der Waals surface area contributed by atoms with Crippen LogP contribution in [0.15, 0.2) is 24.8 Å². The molecule has 0 unspecified atom stereocenters. The Balaban J connectivity index is -0.0000000788. The van der Waals surface area contributed by atoms with Gasteiger partial charge in [0.25, 0.3) is 0 Å². The Morgan fingerprint density at radius 3 is 1.29 bits per heavy atom. The molecule has 2 nitrogen and oxygen atoms in total. The van der Waals surface area contributed by atoms with Gasteiger partial charge in [0.15, 0.2) is 0 Å². The lowest BCUT2D eigenvalue weighted by Crippen LogP contribution is -2.06. The number of nitrogens with zero attached hydrogens (tertiary/aromatic N) is 2. The molecule has 17 heavy (non-hydrogen) atoms. The maximum Gasteiger partial charge on any atom is 0.113 e. The van der Waals surface area contributed by atoms with Crippen molar-refractivity contribution in [1.82, 2.24) is 9.97 Å². The first-order valence-corrected chi connectivity index (χ1v) is 5.63. The molecule has 0 spiro atoms. The molecule has 1 aromatic rings. The molecule has 0 aromatic carbocycles. The summed E-state index contributed by atoms with van der Waals surface area (Å²) in [6.45, 7) is 12.8. The molecule has 0 saturated carbocycles. The summed E-state index contributed by atoms with van der Waals surface area (Å²) in [7, 11) is 2.24. The van der Waals surface area contributed by atoms with Crippen molar-refractivity contribution in [3.8, 4) is 0 Å². The molecular weight excluding hydrogens is 207 g/mol. The van der Waals surface area contributed by atoms with E-state index >= 15 is 0 Å². The summed E-state index contributed by atoms with van der Waals surface area (Å²) in [5.74, 6) is 0. The van der Waals surface area contributed by atoms with Crippen LogP contribution in [0.1, 0.15) is 55.9 Å². The summed E-state index contributed by atoms with van der Waals surface area (Å²) in [6.07, 6.45) is 7.80. The van der Waals surface area contributed by atoms with E-state index in [0.717, 1.165) is 0 Å². The van der Waals surface area contributed by atoms with Crippen LogP contribution >= 0.6 is 0 Å². The highest BCUT2D eigenvalue weighted by Gasteiger charge is 2.10. The second kappa shape index (κ2) is 17.5. The molecule has 0 atom stereocenters. The molecule has 1 rings (SSSR count). The van der Waals surface area contributed by atoms with E-state index < -0.39 is 0 Å². The Bertz CT molecular complexity index is 168. The van der Waals surface area contributed by atoms with Crippen molar-refractivity contribution in [3.63, 3.8) is 0 Å². The maximum absolute atomic E-state index is 3.72. The van der Waals surface area contributed by atoms with Crippen molar-refractivity contribution in [2.24, 2.45) is 0 Å². The molecule has 1 radical (unpaired) electrons. The topological polar surface area (TPSA) is 25.8 Å². The first-order chi connectivity index (χ1) is 7.12. The van der Waals surface area contributed by atoms with E-state index in [-0.39, 0.29) is 14.9 Å². The normalized spacial score (nSPS) is 7.88. The SMILES string of the molecule is C.C.CC.C[B]C(C)(C)CC.c1cnccn1. The fourth-order valence-electron chi connectivity index (χ4n) is 0.457. The number of rotatable bonds is 2. The van der Waals surface area contributed by atoms with E-state index in [0.29, 0.717) is 5.31 Å². The van der Waals surface area contributed by atoms with E-state index in [1.807, 2.05) is 13.8 Å². The van der Waals surface area contributed by atoms with Gasteiger partial charge in [0, 0.05) is 24.8 Å². The maximum atomic E-state index is 3.72. The molecule has 0 aliphatic carbocycles. The summed E-state index contributed by atoms with van der Waals surface area (Å²) in [5, 5.41) is 0.458. The quantitative estimate of drug-likeness (QED) is 0.669. The Hall–Kier alpha value is -0.855. The fourth-order valence-corrected chi connectivity index (χ4v) is 0.457. The Morgan fingerprint density at radius 1 is 0.941 bits per heavy atom. The average molecular weight is 239 g/mol. The van der Waals surface area contributed by atoms with Gasteiger partial charge < -0.3 is 0 Å². The predicted molar refractivity (Wildman–Crippen MR) is 82.8 cm³/mol. The molecule has 0 bridgehead atoms. The van der Waals surface area contributed by atoms with Gasteiger partial charge in [-0.3, -0.25) is 9.97 Å². The van der Waals surface area contributed by atoms with Gasteiger partial charge in [0.1, 0.15) is 7.28 Å². The van der Waals surface area contributed by atoms with Gasteiger partial charge in [0.05, 0.1) is 0 Å². The van der Waals surface area contributed by atoms with Crippen LogP contribution < -0.4 is 0 Å². The van der Waals surface area contributed by atoms with E-state index in [2.05, 4.69) is 44.8 Å². The van der Waals surface area contributed by atoms with Crippen LogP contribution in [0.25, 0.3) is 0 Å². The van der Waals surface area contributed by atoms with Gasteiger partial charge in [0.2, 0.25) is 0 Å². The molecule has 1 aromatic heterocycles. The van der Waals surface area contributed by atoms with Gasteiger partial charge in [-0.1, -0.05) is 68.0 Å². The van der Waals surface area contributed by atoms with E-state index in [4.69, 9.17) is 0 Å². The zero-order valence-electron chi connectivity index (χ0n) is 11.0. The molecule has 3 heteroatoms. The van der Waals surface area contributed by atoms with Gasteiger partial charge in [-0.15, -0.1) is 0 Å². The largest absolute Gasteiger partial charge is 0.262 e. The predicted octanol–water partition coefficient (Wildman–Crippen LogP) is 5.12. The van der Waals surface area contributed by atoms with Crippen LogP contribution in [0.3, 0.4) is 0 Å². The van der Waals surface area contributed by atoms with Gasteiger partial charge in [-0.05, 0) is 0 Å². The average Bonchev–Trinajstić information content (AvgIpc) is 2.35. The summed E-state index contributed by atoms with van der Waals surface area (Å²) >= 11 is 0. The van der Waals surface area contributed by atoms with Crippen LogP contribution in [0, 0.1) is 0 Å². The third kappa shape index (κ3) is 21.1. The first-order valence-electron chi connectivity index (χ1n) is 5.63. The standard InChI is InChI=1S/C6H14B.C4H4N2.C2H6.2CH4/c1-5-6(2,3)7-4;1-2-6-4-3-5-1;1-2;;/h5H2,1-4H3;1-4H;1-2H3;2*1H4. The zero-order valence-corrected chi connectivity index (χ0v) is 11.0. The molecular formula is C14H32BN2.